The summed E-state index contributed by atoms with van der Waals surface area (Å²) < 4.78 is 16.6. The van der Waals surface area contributed by atoms with Crippen molar-refractivity contribution >= 4 is 6.09 Å². The largest absolute Gasteiger partial charge is 0.444 e. The molecule has 2 atom stereocenters. The molecular weight excluding hydrogens is 318 g/mol. The number of hydrogen-bond donors (Lipinski definition) is 0. The van der Waals surface area contributed by atoms with Crippen molar-refractivity contribution < 1.29 is 19.0 Å². The second-order valence-electron chi connectivity index (χ2n) is 7.52. The highest BCUT2D eigenvalue weighted by Gasteiger charge is 2.37. The lowest BCUT2D eigenvalue weighted by Gasteiger charge is -2.33. The molecule has 1 amide bonds. The summed E-state index contributed by atoms with van der Waals surface area (Å²) in [6.07, 6.45) is 3.35. The highest BCUT2D eigenvalue weighted by atomic mass is 16.7. The molecule has 0 saturated carbocycles. The lowest BCUT2D eigenvalue weighted by Crippen LogP contribution is -2.46. The van der Waals surface area contributed by atoms with E-state index in [0.717, 1.165) is 32.2 Å². The number of carbonyl (C=O) groups is 1. The minimum Gasteiger partial charge on any atom is -0.444 e. The summed E-state index contributed by atoms with van der Waals surface area (Å²) in [5.74, 6) is 0. The maximum Gasteiger partial charge on any atom is 0.410 e. The Labute approximate surface area is 151 Å². The number of carbonyl (C=O) groups excluding carboxylic acids is 1. The molecule has 1 aliphatic heterocycles. The third-order valence-corrected chi connectivity index (χ3v) is 4.32. The fourth-order valence-electron chi connectivity index (χ4n) is 3.22. The van der Waals surface area contributed by atoms with Gasteiger partial charge in [-0.3, -0.25) is 0 Å². The zero-order valence-corrected chi connectivity index (χ0v) is 15.9. The van der Waals surface area contributed by atoms with E-state index in [0.29, 0.717) is 0 Å². The van der Waals surface area contributed by atoms with Gasteiger partial charge < -0.3 is 19.1 Å². The molecule has 0 N–H and O–H groups in total. The highest BCUT2D eigenvalue weighted by molar-refractivity contribution is 5.69. The monoisotopic (exact) mass is 349 g/mol. The number of amides is 1. The second kappa shape index (κ2) is 9.20. The van der Waals surface area contributed by atoms with Crippen LogP contribution in [0.5, 0.6) is 0 Å². The Morgan fingerprint density at radius 3 is 2.64 bits per heavy atom. The molecule has 5 heteroatoms. The number of hydrogen-bond acceptors (Lipinski definition) is 4. The molecule has 0 aliphatic carbocycles. The smallest absolute Gasteiger partial charge is 0.410 e. The summed E-state index contributed by atoms with van der Waals surface area (Å²) >= 11 is 0. The molecule has 0 bridgehead atoms. The van der Waals surface area contributed by atoms with E-state index in [2.05, 4.69) is 12.1 Å². The normalized spacial score (nSPS) is 19.0. The van der Waals surface area contributed by atoms with Crippen molar-refractivity contribution in [2.24, 2.45) is 0 Å². The molecular formula is C20H31NO4. The molecule has 0 radical (unpaired) electrons. The van der Waals surface area contributed by atoms with Crippen LogP contribution in [-0.2, 0) is 20.6 Å². The first-order chi connectivity index (χ1) is 11.9. The van der Waals surface area contributed by atoms with E-state index in [9.17, 15) is 4.79 Å². The third kappa shape index (κ3) is 6.33. The number of rotatable bonds is 7. The van der Waals surface area contributed by atoms with Crippen LogP contribution in [-0.4, -0.2) is 49.2 Å². The maximum absolute atomic E-state index is 12.5. The minimum atomic E-state index is -0.489. The van der Waals surface area contributed by atoms with E-state index in [4.69, 9.17) is 14.2 Å². The van der Waals surface area contributed by atoms with Crippen molar-refractivity contribution in [1.82, 2.24) is 4.90 Å². The third-order valence-electron chi connectivity index (χ3n) is 4.32. The summed E-state index contributed by atoms with van der Waals surface area (Å²) in [6.45, 7) is 6.63. The Morgan fingerprint density at radius 2 is 2.00 bits per heavy atom. The Kier molecular flexibility index (Phi) is 7.26. The van der Waals surface area contributed by atoms with Gasteiger partial charge in [0.25, 0.3) is 0 Å². The summed E-state index contributed by atoms with van der Waals surface area (Å²) in [6, 6.07) is 10.4. The van der Waals surface area contributed by atoms with Gasteiger partial charge in [-0.25, -0.2) is 4.79 Å². The van der Waals surface area contributed by atoms with Gasteiger partial charge in [-0.2, -0.15) is 0 Å². The maximum atomic E-state index is 12.5. The number of nitrogens with zero attached hydrogens (tertiary/aromatic N) is 1. The molecule has 2 rings (SSSR count). The van der Waals surface area contributed by atoms with E-state index < -0.39 is 5.60 Å². The molecule has 1 heterocycles. The molecule has 2 unspecified atom stereocenters. The van der Waals surface area contributed by atoms with Gasteiger partial charge in [0.15, 0.2) is 0 Å². The van der Waals surface area contributed by atoms with Gasteiger partial charge in [-0.05, 0) is 52.0 Å². The number of benzene rings is 1. The van der Waals surface area contributed by atoms with Crippen LogP contribution in [0, 0.1) is 0 Å². The molecule has 0 aromatic heterocycles. The fraction of sp³-hybridized carbons (Fsp3) is 0.650. The predicted octanol–water partition coefficient (Wildman–Crippen LogP) is 4.01. The molecule has 140 valence electrons. The first-order valence-corrected chi connectivity index (χ1v) is 9.05. The minimum absolute atomic E-state index is 0.0358. The van der Waals surface area contributed by atoms with Crippen molar-refractivity contribution in [2.45, 2.75) is 64.2 Å². The molecule has 1 fully saturated rings. The van der Waals surface area contributed by atoms with Gasteiger partial charge in [0.05, 0.1) is 12.1 Å². The van der Waals surface area contributed by atoms with Crippen molar-refractivity contribution in [2.75, 3.05) is 20.4 Å². The quantitative estimate of drug-likeness (QED) is 0.698. The lowest BCUT2D eigenvalue weighted by molar-refractivity contribution is -0.0971. The van der Waals surface area contributed by atoms with Crippen LogP contribution >= 0.6 is 0 Å². The van der Waals surface area contributed by atoms with E-state index in [1.807, 2.05) is 43.9 Å². The average molecular weight is 349 g/mol. The van der Waals surface area contributed by atoms with Crippen LogP contribution in [0.1, 0.15) is 45.6 Å². The average Bonchev–Trinajstić information content (AvgIpc) is 3.04. The highest BCUT2D eigenvalue weighted by Crippen LogP contribution is 2.27. The first-order valence-electron chi connectivity index (χ1n) is 9.05. The van der Waals surface area contributed by atoms with E-state index in [1.165, 1.54) is 5.56 Å². The topological polar surface area (TPSA) is 48.0 Å². The van der Waals surface area contributed by atoms with Crippen LogP contribution < -0.4 is 0 Å². The Morgan fingerprint density at radius 1 is 1.28 bits per heavy atom. The van der Waals surface area contributed by atoms with Crippen LogP contribution in [0.25, 0.3) is 0 Å². The van der Waals surface area contributed by atoms with Crippen molar-refractivity contribution in [3.63, 3.8) is 0 Å². The first kappa shape index (κ1) is 19.7. The summed E-state index contributed by atoms with van der Waals surface area (Å²) in [5, 5.41) is 0. The fourth-order valence-corrected chi connectivity index (χ4v) is 3.22. The van der Waals surface area contributed by atoms with Crippen LogP contribution in [0.15, 0.2) is 30.3 Å². The van der Waals surface area contributed by atoms with Gasteiger partial charge in [0.2, 0.25) is 0 Å². The van der Waals surface area contributed by atoms with E-state index >= 15 is 0 Å². The number of likely N-dealkylation sites (tertiary alicyclic amines) is 1. The van der Waals surface area contributed by atoms with Crippen LogP contribution in [0.2, 0.25) is 0 Å². The zero-order valence-electron chi connectivity index (χ0n) is 15.9. The van der Waals surface area contributed by atoms with Crippen molar-refractivity contribution in [1.29, 1.82) is 0 Å². The van der Waals surface area contributed by atoms with Gasteiger partial charge in [0, 0.05) is 13.7 Å². The van der Waals surface area contributed by atoms with Gasteiger partial charge in [-0.15, -0.1) is 0 Å². The molecule has 1 aromatic rings. The number of methoxy groups -OCH3 is 1. The number of ether oxygens (including phenoxy) is 3. The van der Waals surface area contributed by atoms with Gasteiger partial charge in [0.1, 0.15) is 12.4 Å². The molecule has 1 saturated heterocycles. The van der Waals surface area contributed by atoms with Crippen LogP contribution in [0.3, 0.4) is 0 Å². The van der Waals surface area contributed by atoms with Crippen LogP contribution in [0.4, 0.5) is 4.79 Å². The Hall–Kier alpha value is -1.59. The van der Waals surface area contributed by atoms with Gasteiger partial charge >= 0.3 is 6.09 Å². The SMILES string of the molecule is COCOC(CCc1ccccc1)C1CCCN1C(=O)OC(C)(C)C. The summed E-state index contributed by atoms with van der Waals surface area (Å²) in [4.78, 5) is 14.4. The zero-order chi connectivity index (χ0) is 18.3. The summed E-state index contributed by atoms with van der Waals surface area (Å²) in [7, 11) is 1.62. The van der Waals surface area contributed by atoms with E-state index in [1.54, 1.807) is 7.11 Å². The Bertz CT molecular complexity index is 526. The molecule has 1 aromatic carbocycles. The molecule has 1 aliphatic rings. The standard InChI is InChI=1S/C20H31NO4/c1-20(2,3)25-19(22)21-14-8-11-17(21)18(24-15-23-4)13-12-16-9-6-5-7-10-16/h5-7,9-10,17-18H,8,11-15H2,1-4H3. The van der Waals surface area contributed by atoms with Crippen molar-refractivity contribution in [3.8, 4) is 0 Å². The van der Waals surface area contributed by atoms with Crippen molar-refractivity contribution in [3.05, 3.63) is 35.9 Å². The van der Waals surface area contributed by atoms with E-state index in [-0.39, 0.29) is 25.0 Å². The molecule has 5 nitrogen and oxygen atoms in total. The van der Waals surface area contributed by atoms with Gasteiger partial charge in [-0.1, -0.05) is 30.3 Å². The second-order valence-corrected chi connectivity index (χ2v) is 7.52. The molecule has 0 spiro atoms. The number of aryl methyl sites for hydroxylation is 1. The predicted molar refractivity (Wildman–Crippen MR) is 97.5 cm³/mol. The lowest BCUT2D eigenvalue weighted by atomic mass is 10.00. The summed E-state index contributed by atoms with van der Waals surface area (Å²) in [5.41, 5.74) is 0.785. The molecule has 25 heavy (non-hydrogen) atoms. The Balaban J connectivity index is 2.02.